The minimum Gasteiger partial charge on any atom is -0.359 e. The molecular weight excluding hydrogens is 156 g/mol. The van der Waals surface area contributed by atoms with Crippen molar-refractivity contribution in [2.24, 2.45) is 5.11 Å². The summed E-state index contributed by atoms with van der Waals surface area (Å²) < 4.78 is 0. The lowest BCUT2D eigenvalue weighted by atomic mass is 10.5. The molecule has 0 aliphatic heterocycles. The van der Waals surface area contributed by atoms with E-state index in [2.05, 4.69) is 15.3 Å². The van der Waals surface area contributed by atoms with Crippen LogP contribution in [-0.2, 0) is 4.79 Å². The first kappa shape index (κ1) is 13.4. The van der Waals surface area contributed by atoms with Crippen molar-refractivity contribution >= 4 is 5.91 Å². The van der Waals surface area contributed by atoms with E-state index >= 15 is 0 Å². The van der Waals surface area contributed by atoms with Crippen molar-refractivity contribution in [3.63, 3.8) is 0 Å². The van der Waals surface area contributed by atoms with Gasteiger partial charge in [-0.2, -0.15) is 0 Å². The highest BCUT2D eigenvalue weighted by molar-refractivity contribution is 5.74. The average molecular weight is 172 g/mol. The summed E-state index contributed by atoms with van der Waals surface area (Å²) in [5.41, 5.74) is 7.66. The zero-order chi connectivity index (χ0) is 9.82. The SMILES string of the molecule is CCC(=O)NC.CCCN=[N+]=[N-]. The van der Waals surface area contributed by atoms with Crippen LogP contribution in [0.4, 0.5) is 0 Å². The Morgan fingerprint density at radius 2 is 2.17 bits per heavy atom. The number of nitrogens with zero attached hydrogens (tertiary/aromatic N) is 3. The van der Waals surface area contributed by atoms with Crippen LogP contribution in [0.2, 0.25) is 0 Å². The van der Waals surface area contributed by atoms with Crippen molar-refractivity contribution in [2.75, 3.05) is 13.6 Å². The molecular formula is C7H16N4O. The Morgan fingerprint density at radius 1 is 1.58 bits per heavy atom. The molecule has 0 heterocycles. The van der Waals surface area contributed by atoms with Crippen molar-refractivity contribution in [3.8, 4) is 0 Å². The molecule has 0 aliphatic carbocycles. The molecule has 0 saturated heterocycles. The Kier molecular flexibility index (Phi) is 13.9. The second-order valence-electron chi connectivity index (χ2n) is 1.98. The maximum Gasteiger partial charge on any atom is 0.219 e. The van der Waals surface area contributed by atoms with Gasteiger partial charge in [0.25, 0.3) is 0 Å². The monoisotopic (exact) mass is 172 g/mol. The normalized spacial score (nSPS) is 7.25. The first-order valence-electron chi connectivity index (χ1n) is 3.94. The molecule has 0 aromatic carbocycles. The molecule has 0 aliphatic rings. The summed E-state index contributed by atoms with van der Waals surface area (Å²) >= 11 is 0. The Hall–Kier alpha value is -1.22. The number of hydrogen-bond donors (Lipinski definition) is 1. The maximum absolute atomic E-state index is 10.1. The fraction of sp³-hybridized carbons (Fsp3) is 0.857. The van der Waals surface area contributed by atoms with Gasteiger partial charge in [0.2, 0.25) is 5.91 Å². The van der Waals surface area contributed by atoms with Gasteiger partial charge >= 0.3 is 0 Å². The number of carbonyl (C=O) groups excluding carboxylic acids is 1. The van der Waals surface area contributed by atoms with E-state index in [1.165, 1.54) is 0 Å². The van der Waals surface area contributed by atoms with Crippen molar-refractivity contribution in [2.45, 2.75) is 26.7 Å². The van der Waals surface area contributed by atoms with Crippen molar-refractivity contribution in [1.29, 1.82) is 0 Å². The fourth-order valence-corrected chi connectivity index (χ4v) is 0.321. The lowest BCUT2D eigenvalue weighted by Crippen LogP contribution is -2.15. The third-order valence-electron chi connectivity index (χ3n) is 0.987. The van der Waals surface area contributed by atoms with Crippen molar-refractivity contribution < 1.29 is 4.79 Å². The molecule has 0 atom stereocenters. The number of nitrogens with one attached hydrogen (secondary N) is 1. The van der Waals surface area contributed by atoms with Gasteiger partial charge < -0.3 is 5.32 Å². The Morgan fingerprint density at radius 3 is 2.25 bits per heavy atom. The standard InChI is InChI=1S/C4H9NO.C3H7N3/c1-3-4(6)5-2;1-2-3-5-6-4/h3H2,1-2H3,(H,5,6);2-3H2,1H3. The number of rotatable bonds is 3. The molecule has 70 valence electrons. The molecule has 0 spiro atoms. The molecule has 0 bridgehead atoms. The van der Waals surface area contributed by atoms with E-state index in [-0.39, 0.29) is 5.91 Å². The summed E-state index contributed by atoms with van der Waals surface area (Å²) in [7, 11) is 1.63. The zero-order valence-corrected chi connectivity index (χ0v) is 7.87. The van der Waals surface area contributed by atoms with Crippen LogP contribution in [0.1, 0.15) is 26.7 Å². The molecule has 1 N–H and O–H groups in total. The van der Waals surface area contributed by atoms with Gasteiger partial charge in [-0.1, -0.05) is 25.4 Å². The van der Waals surface area contributed by atoms with Crippen LogP contribution >= 0.6 is 0 Å². The Bertz CT molecular complexity index is 145. The van der Waals surface area contributed by atoms with E-state index in [4.69, 9.17) is 5.53 Å². The molecule has 1 amide bonds. The summed E-state index contributed by atoms with van der Waals surface area (Å²) in [5.74, 6) is 0.0926. The van der Waals surface area contributed by atoms with Crippen LogP contribution < -0.4 is 5.32 Å². The summed E-state index contributed by atoms with van der Waals surface area (Å²) in [6.07, 6.45) is 1.51. The largest absolute Gasteiger partial charge is 0.359 e. The smallest absolute Gasteiger partial charge is 0.219 e. The van der Waals surface area contributed by atoms with Gasteiger partial charge in [0, 0.05) is 24.9 Å². The summed E-state index contributed by atoms with van der Waals surface area (Å²) in [4.78, 5) is 12.6. The third kappa shape index (κ3) is 15.9. The van der Waals surface area contributed by atoms with E-state index in [0.717, 1.165) is 6.42 Å². The van der Waals surface area contributed by atoms with Crippen molar-refractivity contribution in [3.05, 3.63) is 10.4 Å². The van der Waals surface area contributed by atoms with Crippen LogP contribution in [0, 0.1) is 0 Å². The zero-order valence-electron chi connectivity index (χ0n) is 7.87. The molecule has 12 heavy (non-hydrogen) atoms. The highest BCUT2D eigenvalue weighted by atomic mass is 16.1. The third-order valence-corrected chi connectivity index (χ3v) is 0.987. The van der Waals surface area contributed by atoms with Gasteiger partial charge in [0.1, 0.15) is 0 Å². The second-order valence-corrected chi connectivity index (χ2v) is 1.98. The fourth-order valence-electron chi connectivity index (χ4n) is 0.321. The predicted octanol–water partition coefficient (Wildman–Crippen LogP) is 1.85. The summed E-state index contributed by atoms with van der Waals surface area (Å²) in [6, 6.07) is 0. The lowest BCUT2D eigenvalue weighted by molar-refractivity contribution is -0.120. The minimum atomic E-state index is 0.0926. The van der Waals surface area contributed by atoms with E-state index in [9.17, 15) is 4.79 Å². The summed E-state index contributed by atoms with van der Waals surface area (Å²) in [6.45, 7) is 4.41. The first-order chi connectivity index (χ1) is 5.72. The van der Waals surface area contributed by atoms with E-state index < -0.39 is 0 Å². The molecule has 5 heteroatoms. The first-order valence-corrected chi connectivity index (χ1v) is 3.94. The molecule has 0 rings (SSSR count). The van der Waals surface area contributed by atoms with Gasteiger partial charge in [0.15, 0.2) is 0 Å². The van der Waals surface area contributed by atoms with Crippen LogP contribution in [0.15, 0.2) is 5.11 Å². The lowest BCUT2D eigenvalue weighted by Gasteiger charge is -1.87. The van der Waals surface area contributed by atoms with Crippen LogP contribution in [0.3, 0.4) is 0 Å². The Balaban J connectivity index is 0. The molecule has 0 radical (unpaired) electrons. The van der Waals surface area contributed by atoms with Gasteiger partial charge in [-0.3, -0.25) is 4.79 Å². The Labute approximate surface area is 72.8 Å². The summed E-state index contributed by atoms with van der Waals surface area (Å²) in [5, 5.41) is 5.75. The van der Waals surface area contributed by atoms with Gasteiger partial charge in [-0.05, 0) is 5.53 Å². The molecule has 0 saturated carbocycles. The van der Waals surface area contributed by atoms with Crippen molar-refractivity contribution in [1.82, 2.24) is 5.32 Å². The maximum atomic E-state index is 10.1. The van der Waals surface area contributed by atoms with Gasteiger partial charge in [-0.15, -0.1) is 0 Å². The van der Waals surface area contributed by atoms with E-state index in [1.54, 1.807) is 7.05 Å². The number of hydrogen-bond acceptors (Lipinski definition) is 2. The van der Waals surface area contributed by atoms with Crippen LogP contribution in [0.5, 0.6) is 0 Å². The molecule has 0 aromatic heterocycles. The predicted molar refractivity (Wildman–Crippen MR) is 48.7 cm³/mol. The highest BCUT2D eigenvalue weighted by Gasteiger charge is 1.84. The minimum absolute atomic E-state index is 0.0926. The number of amides is 1. The van der Waals surface area contributed by atoms with Crippen LogP contribution in [-0.4, -0.2) is 19.5 Å². The molecule has 0 unspecified atom stereocenters. The number of azide groups is 1. The van der Waals surface area contributed by atoms with E-state index in [1.807, 2.05) is 13.8 Å². The van der Waals surface area contributed by atoms with Crippen LogP contribution in [0.25, 0.3) is 10.4 Å². The van der Waals surface area contributed by atoms with Gasteiger partial charge in [0.05, 0.1) is 0 Å². The quantitative estimate of drug-likeness (QED) is 0.393. The second kappa shape index (κ2) is 12.5. The molecule has 0 aromatic rings. The highest BCUT2D eigenvalue weighted by Crippen LogP contribution is 1.74. The van der Waals surface area contributed by atoms with Gasteiger partial charge in [-0.25, -0.2) is 0 Å². The number of carbonyl (C=O) groups is 1. The molecule has 0 fully saturated rings. The topological polar surface area (TPSA) is 77.9 Å². The molecule has 5 nitrogen and oxygen atoms in total. The average Bonchev–Trinajstić information content (AvgIpc) is 2.14. The van der Waals surface area contributed by atoms with E-state index in [0.29, 0.717) is 13.0 Å².